The lowest BCUT2D eigenvalue weighted by molar-refractivity contribution is 0.313. The van der Waals surface area contributed by atoms with Crippen LogP contribution in [0.2, 0.25) is 0 Å². The Morgan fingerprint density at radius 2 is 2.06 bits per heavy atom. The minimum Gasteiger partial charge on any atom is -0.314 e. The van der Waals surface area contributed by atoms with Gasteiger partial charge >= 0.3 is 0 Å². The molecule has 0 aromatic rings. The van der Waals surface area contributed by atoms with E-state index in [2.05, 4.69) is 19.2 Å². The normalized spacial score (nSPS) is 30.8. The molecule has 16 heavy (non-hydrogen) atoms. The molecular formula is C12H25NO2S. The van der Waals surface area contributed by atoms with E-state index < -0.39 is 9.84 Å². The monoisotopic (exact) mass is 247 g/mol. The molecule has 0 spiro atoms. The van der Waals surface area contributed by atoms with E-state index in [1.165, 1.54) is 6.42 Å². The Balaban J connectivity index is 2.43. The van der Waals surface area contributed by atoms with Gasteiger partial charge in [0.25, 0.3) is 0 Å². The third kappa shape index (κ3) is 4.06. The second-order valence-electron chi connectivity index (χ2n) is 5.29. The highest BCUT2D eigenvalue weighted by Gasteiger charge is 2.35. The maximum atomic E-state index is 11.5. The van der Waals surface area contributed by atoms with Gasteiger partial charge < -0.3 is 5.32 Å². The summed E-state index contributed by atoms with van der Waals surface area (Å²) in [6, 6.07) is 0.597. The molecule has 0 amide bonds. The predicted octanol–water partition coefficient (Wildman–Crippen LogP) is 1.98. The first-order valence-corrected chi connectivity index (χ1v) is 8.17. The van der Waals surface area contributed by atoms with Gasteiger partial charge in [-0.1, -0.05) is 20.8 Å². The lowest BCUT2D eigenvalue weighted by Crippen LogP contribution is -2.28. The van der Waals surface area contributed by atoms with Crippen LogP contribution in [0.25, 0.3) is 0 Å². The molecule has 1 fully saturated rings. The standard InChI is InChI=1S/C12H25NO2S/c1-4-13-11-6-7-12(3,10-11)8-9-16(14,15)5-2/h11,13H,4-10H2,1-3H3. The van der Waals surface area contributed by atoms with Crippen LogP contribution in [-0.4, -0.2) is 32.5 Å². The highest BCUT2D eigenvalue weighted by molar-refractivity contribution is 7.91. The highest BCUT2D eigenvalue weighted by Crippen LogP contribution is 2.40. The molecule has 1 aliphatic rings. The number of nitrogens with one attached hydrogen (secondary N) is 1. The van der Waals surface area contributed by atoms with Crippen molar-refractivity contribution >= 4 is 9.84 Å². The van der Waals surface area contributed by atoms with Crippen LogP contribution in [0, 0.1) is 5.41 Å². The number of sulfone groups is 1. The molecule has 0 aromatic heterocycles. The van der Waals surface area contributed by atoms with Crippen LogP contribution in [0.3, 0.4) is 0 Å². The fourth-order valence-electron chi connectivity index (χ4n) is 2.56. The Morgan fingerprint density at radius 1 is 1.38 bits per heavy atom. The molecule has 2 unspecified atom stereocenters. The molecule has 4 heteroatoms. The first-order valence-electron chi connectivity index (χ1n) is 6.34. The van der Waals surface area contributed by atoms with E-state index in [4.69, 9.17) is 0 Å². The lowest BCUT2D eigenvalue weighted by Gasteiger charge is -2.24. The second kappa shape index (κ2) is 5.50. The Labute approximate surface area is 99.9 Å². The fourth-order valence-corrected chi connectivity index (χ4v) is 3.65. The summed E-state index contributed by atoms with van der Waals surface area (Å²) in [5.74, 6) is 0.637. The third-order valence-electron chi connectivity index (χ3n) is 3.78. The van der Waals surface area contributed by atoms with E-state index in [9.17, 15) is 8.42 Å². The molecule has 0 bridgehead atoms. The average molecular weight is 247 g/mol. The van der Waals surface area contributed by atoms with Crippen molar-refractivity contribution in [3.63, 3.8) is 0 Å². The van der Waals surface area contributed by atoms with Crippen LogP contribution >= 0.6 is 0 Å². The van der Waals surface area contributed by atoms with Crippen molar-refractivity contribution in [2.75, 3.05) is 18.1 Å². The third-order valence-corrected chi connectivity index (χ3v) is 5.49. The Morgan fingerprint density at radius 3 is 2.62 bits per heavy atom. The van der Waals surface area contributed by atoms with Crippen LogP contribution < -0.4 is 5.32 Å². The van der Waals surface area contributed by atoms with Crippen molar-refractivity contribution in [1.29, 1.82) is 0 Å². The van der Waals surface area contributed by atoms with Crippen LogP contribution in [0.1, 0.15) is 46.5 Å². The first-order chi connectivity index (χ1) is 7.41. The molecule has 1 N–H and O–H groups in total. The fraction of sp³-hybridized carbons (Fsp3) is 1.00. The number of rotatable bonds is 6. The van der Waals surface area contributed by atoms with Gasteiger partial charge in [-0.25, -0.2) is 8.42 Å². The quantitative estimate of drug-likeness (QED) is 0.780. The van der Waals surface area contributed by atoms with Crippen molar-refractivity contribution < 1.29 is 8.42 Å². The van der Waals surface area contributed by atoms with E-state index in [0.29, 0.717) is 11.8 Å². The molecule has 0 heterocycles. The SMILES string of the molecule is CCNC1CCC(C)(CCS(=O)(=O)CC)C1. The van der Waals surface area contributed by atoms with E-state index >= 15 is 0 Å². The Kier molecular flexibility index (Phi) is 4.80. The summed E-state index contributed by atoms with van der Waals surface area (Å²) in [6.45, 7) is 7.09. The van der Waals surface area contributed by atoms with Gasteiger partial charge in [-0.05, 0) is 37.6 Å². The van der Waals surface area contributed by atoms with Crippen LogP contribution in [0.15, 0.2) is 0 Å². The van der Waals surface area contributed by atoms with Gasteiger partial charge in [0, 0.05) is 11.8 Å². The van der Waals surface area contributed by atoms with Crippen LogP contribution in [-0.2, 0) is 9.84 Å². The van der Waals surface area contributed by atoms with Crippen molar-refractivity contribution in [2.45, 2.75) is 52.5 Å². The minimum absolute atomic E-state index is 0.231. The van der Waals surface area contributed by atoms with Gasteiger partial charge in [-0.15, -0.1) is 0 Å². The zero-order valence-electron chi connectivity index (χ0n) is 10.8. The molecular weight excluding hydrogens is 222 g/mol. The lowest BCUT2D eigenvalue weighted by atomic mass is 9.86. The second-order valence-corrected chi connectivity index (χ2v) is 7.77. The van der Waals surface area contributed by atoms with E-state index in [0.717, 1.165) is 25.8 Å². The van der Waals surface area contributed by atoms with Crippen molar-refractivity contribution in [3.05, 3.63) is 0 Å². The van der Waals surface area contributed by atoms with Crippen molar-refractivity contribution in [3.8, 4) is 0 Å². The van der Waals surface area contributed by atoms with Gasteiger partial charge in [-0.3, -0.25) is 0 Å². The summed E-state index contributed by atoms with van der Waals surface area (Å²) in [6.07, 6.45) is 4.30. The minimum atomic E-state index is -2.80. The predicted molar refractivity (Wildman–Crippen MR) is 68.4 cm³/mol. The molecule has 1 aliphatic carbocycles. The molecule has 0 aromatic carbocycles. The van der Waals surface area contributed by atoms with Gasteiger partial charge in [-0.2, -0.15) is 0 Å². The number of hydrogen-bond acceptors (Lipinski definition) is 3. The van der Waals surface area contributed by atoms with Crippen LogP contribution in [0.5, 0.6) is 0 Å². The van der Waals surface area contributed by atoms with Gasteiger partial charge in [0.05, 0.1) is 5.75 Å². The summed E-state index contributed by atoms with van der Waals surface area (Å²) >= 11 is 0. The van der Waals surface area contributed by atoms with Crippen LogP contribution in [0.4, 0.5) is 0 Å². The molecule has 1 saturated carbocycles. The number of hydrogen-bond donors (Lipinski definition) is 1. The van der Waals surface area contributed by atoms with Gasteiger partial charge in [0.2, 0.25) is 0 Å². The molecule has 0 aliphatic heterocycles. The maximum absolute atomic E-state index is 11.5. The molecule has 0 radical (unpaired) electrons. The summed E-state index contributed by atoms with van der Waals surface area (Å²) in [4.78, 5) is 0. The van der Waals surface area contributed by atoms with E-state index in [1.54, 1.807) is 6.92 Å². The zero-order chi connectivity index (χ0) is 12.2. The summed E-state index contributed by atoms with van der Waals surface area (Å²) < 4.78 is 23.0. The maximum Gasteiger partial charge on any atom is 0.150 e. The summed E-state index contributed by atoms with van der Waals surface area (Å²) in [7, 11) is -2.80. The van der Waals surface area contributed by atoms with E-state index in [-0.39, 0.29) is 11.2 Å². The smallest absolute Gasteiger partial charge is 0.150 e. The Bertz CT molecular complexity index is 313. The molecule has 2 atom stereocenters. The molecule has 3 nitrogen and oxygen atoms in total. The Hall–Kier alpha value is -0.0900. The van der Waals surface area contributed by atoms with Crippen molar-refractivity contribution in [1.82, 2.24) is 5.32 Å². The van der Waals surface area contributed by atoms with Gasteiger partial charge in [0.15, 0.2) is 0 Å². The molecule has 96 valence electrons. The zero-order valence-corrected chi connectivity index (χ0v) is 11.6. The molecule has 1 rings (SSSR count). The van der Waals surface area contributed by atoms with Gasteiger partial charge in [0.1, 0.15) is 9.84 Å². The topological polar surface area (TPSA) is 46.2 Å². The average Bonchev–Trinajstić information content (AvgIpc) is 2.60. The highest BCUT2D eigenvalue weighted by atomic mass is 32.2. The van der Waals surface area contributed by atoms with E-state index in [1.807, 2.05) is 0 Å². The largest absolute Gasteiger partial charge is 0.314 e. The van der Waals surface area contributed by atoms with Crippen molar-refractivity contribution in [2.24, 2.45) is 5.41 Å². The summed E-state index contributed by atoms with van der Waals surface area (Å²) in [5.41, 5.74) is 0.231. The molecule has 0 saturated heterocycles. The first kappa shape index (κ1) is 14.0. The summed E-state index contributed by atoms with van der Waals surface area (Å²) in [5, 5.41) is 3.46.